The second-order valence-electron chi connectivity index (χ2n) is 7.03. The molecule has 3 N–H and O–H groups in total. The van der Waals surface area contributed by atoms with Gasteiger partial charge in [-0.25, -0.2) is 13.1 Å². The molecule has 8 heteroatoms. The zero-order valence-corrected chi connectivity index (χ0v) is 17.6. The molecular weight excluding hydrogens is 390 g/mol. The molecule has 0 radical (unpaired) electrons. The van der Waals surface area contributed by atoms with Crippen molar-refractivity contribution in [2.45, 2.75) is 44.2 Å². The molecule has 0 bridgehead atoms. The van der Waals surface area contributed by atoms with Crippen LogP contribution in [0.3, 0.4) is 0 Å². The van der Waals surface area contributed by atoms with Crippen LogP contribution < -0.4 is 15.4 Å². The lowest BCUT2D eigenvalue weighted by molar-refractivity contribution is -0.139. The average Bonchev–Trinajstić information content (AvgIpc) is 2.68. The van der Waals surface area contributed by atoms with Gasteiger partial charge in [-0.3, -0.25) is 9.59 Å². The van der Waals surface area contributed by atoms with Crippen LogP contribution in [0.5, 0.6) is 0 Å². The maximum absolute atomic E-state index is 12.1. The third-order valence-corrected chi connectivity index (χ3v) is 5.85. The summed E-state index contributed by atoms with van der Waals surface area (Å²) in [6, 6.07) is 15.3. The molecule has 0 heterocycles. The third kappa shape index (κ3) is 6.99. The van der Waals surface area contributed by atoms with Gasteiger partial charge in [-0.05, 0) is 50.5 Å². The minimum absolute atomic E-state index is 0.188. The van der Waals surface area contributed by atoms with Crippen molar-refractivity contribution in [1.82, 2.24) is 15.4 Å². The normalized spacial score (nSPS) is 12.4. The minimum Gasteiger partial charge on any atom is -0.348 e. The maximum Gasteiger partial charge on any atom is 0.309 e. The van der Waals surface area contributed by atoms with E-state index in [2.05, 4.69) is 15.4 Å². The largest absolute Gasteiger partial charge is 0.348 e. The van der Waals surface area contributed by atoms with Crippen molar-refractivity contribution >= 4 is 21.8 Å². The molecule has 0 aliphatic carbocycles. The number of carbonyl (C=O) groups is 2. The number of amides is 2. The number of carbonyl (C=O) groups excluding carboxylic acids is 2. The Bertz CT molecular complexity index is 926. The van der Waals surface area contributed by atoms with Crippen molar-refractivity contribution in [3.8, 4) is 0 Å². The maximum atomic E-state index is 12.1. The molecule has 2 aromatic carbocycles. The van der Waals surface area contributed by atoms with E-state index in [1.54, 1.807) is 26.0 Å². The summed E-state index contributed by atoms with van der Waals surface area (Å²) in [4.78, 5) is 24.2. The van der Waals surface area contributed by atoms with Crippen molar-refractivity contribution in [2.75, 3.05) is 6.54 Å². The predicted molar refractivity (Wildman–Crippen MR) is 112 cm³/mol. The molecule has 29 heavy (non-hydrogen) atoms. The topological polar surface area (TPSA) is 104 Å². The molecule has 0 aliphatic heterocycles. The van der Waals surface area contributed by atoms with Gasteiger partial charge < -0.3 is 10.6 Å². The van der Waals surface area contributed by atoms with Gasteiger partial charge in [0.25, 0.3) is 0 Å². The number of hydrogen-bond donors (Lipinski definition) is 3. The minimum atomic E-state index is -3.53. The van der Waals surface area contributed by atoms with Crippen LogP contribution in [0.4, 0.5) is 0 Å². The summed E-state index contributed by atoms with van der Waals surface area (Å²) in [7, 11) is -3.53. The molecule has 7 nitrogen and oxygen atoms in total. The zero-order valence-electron chi connectivity index (χ0n) is 16.8. The van der Waals surface area contributed by atoms with E-state index in [9.17, 15) is 18.0 Å². The van der Waals surface area contributed by atoms with E-state index in [1.165, 1.54) is 12.1 Å². The van der Waals surface area contributed by atoms with Crippen LogP contribution in [0.1, 0.15) is 37.9 Å². The van der Waals surface area contributed by atoms with Crippen molar-refractivity contribution in [3.05, 3.63) is 65.7 Å². The fraction of sp³-hybridized carbons (Fsp3) is 0.333. The van der Waals surface area contributed by atoms with Crippen LogP contribution in [0.15, 0.2) is 59.5 Å². The highest BCUT2D eigenvalue weighted by Crippen LogP contribution is 2.12. The van der Waals surface area contributed by atoms with E-state index in [0.29, 0.717) is 6.42 Å². The lowest BCUT2D eigenvalue weighted by Gasteiger charge is -2.14. The summed E-state index contributed by atoms with van der Waals surface area (Å²) in [6.45, 7) is 5.59. The summed E-state index contributed by atoms with van der Waals surface area (Å²) < 4.78 is 26.7. The second kappa shape index (κ2) is 10.2. The van der Waals surface area contributed by atoms with Gasteiger partial charge in [0.1, 0.15) is 0 Å². The Labute approximate surface area is 172 Å². The molecule has 156 valence electrons. The van der Waals surface area contributed by atoms with Gasteiger partial charge in [0.2, 0.25) is 10.0 Å². The molecule has 0 saturated carbocycles. The van der Waals surface area contributed by atoms with Gasteiger partial charge in [0.15, 0.2) is 0 Å². The third-order valence-electron chi connectivity index (χ3n) is 4.18. The summed E-state index contributed by atoms with van der Waals surface area (Å²) >= 11 is 0. The zero-order chi connectivity index (χ0) is 21.4. The van der Waals surface area contributed by atoms with Crippen molar-refractivity contribution in [1.29, 1.82) is 0 Å². The van der Waals surface area contributed by atoms with Gasteiger partial charge in [0, 0.05) is 12.6 Å². The second-order valence-corrected chi connectivity index (χ2v) is 8.75. The Morgan fingerprint density at radius 1 is 0.897 bits per heavy atom. The van der Waals surface area contributed by atoms with Crippen molar-refractivity contribution in [3.63, 3.8) is 0 Å². The first-order chi connectivity index (χ1) is 13.7. The SMILES string of the molecule is CC(C)NS(=O)(=O)c1ccc(CCNC(=O)C(=O)N[C@@H](C)c2ccccc2)cc1. The molecule has 0 aliphatic rings. The smallest absolute Gasteiger partial charge is 0.309 e. The number of hydrogen-bond acceptors (Lipinski definition) is 4. The van der Waals surface area contributed by atoms with E-state index in [1.807, 2.05) is 37.3 Å². The molecule has 0 aromatic heterocycles. The molecule has 2 rings (SSSR count). The van der Waals surface area contributed by atoms with Gasteiger partial charge in [-0.2, -0.15) is 0 Å². The van der Waals surface area contributed by atoms with Crippen molar-refractivity contribution < 1.29 is 18.0 Å². The van der Waals surface area contributed by atoms with Crippen LogP contribution in [0.25, 0.3) is 0 Å². The highest BCUT2D eigenvalue weighted by Gasteiger charge is 2.17. The van der Waals surface area contributed by atoms with Crippen LogP contribution in [0, 0.1) is 0 Å². The Hall–Kier alpha value is -2.71. The molecular formula is C21H27N3O4S. The number of benzene rings is 2. The van der Waals surface area contributed by atoms with Gasteiger partial charge in [-0.1, -0.05) is 42.5 Å². The van der Waals surface area contributed by atoms with E-state index < -0.39 is 21.8 Å². The quantitative estimate of drug-likeness (QED) is 0.571. The first-order valence-electron chi connectivity index (χ1n) is 9.44. The lowest BCUT2D eigenvalue weighted by Crippen LogP contribution is -2.41. The van der Waals surface area contributed by atoms with E-state index in [4.69, 9.17) is 0 Å². The molecule has 2 amide bonds. The fourth-order valence-corrected chi connectivity index (χ4v) is 3.95. The molecule has 0 saturated heterocycles. The van der Waals surface area contributed by atoms with Gasteiger partial charge in [-0.15, -0.1) is 0 Å². The number of rotatable bonds is 8. The Kier molecular flexibility index (Phi) is 7.92. The predicted octanol–water partition coefficient (Wildman–Crippen LogP) is 1.91. The van der Waals surface area contributed by atoms with Crippen molar-refractivity contribution in [2.24, 2.45) is 0 Å². The monoisotopic (exact) mass is 417 g/mol. The van der Waals surface area contributed by atoms with Crippen LogP contribution in [-0.4, -0.2) is 32.8 Å². The summed E-state index contributed by atoms with van der Waals surface area (Å²) in [5.41, 5.74) is 1.77. The summed E-state index contributed by atoms with van der Waals surface area (Å²) in [5.74, 6) is -1.39. The Morgan fingerprint density at radius 3 is 2.10 bits per heavy atom. The molecule has 1 atom stereocenters. The van der Waals surface area contributed by atoms with Crippen LogP contribution in [-0.2, 0) is 26.0 Å². The molecule has 2 aromatic rings. The highest BCUT2D eigenvalue weighted by atomic mass is 32.2. The Morgan fingerprint density at radius 2 is 1.52 bits per heavy atom. The van der Waals surface area contributed by atoms with E-state index >= 15 is 0 Å². The lowest BCUT2D eigenvalue weighted by atomic mass is 10.1. The van der Waals surface area contributed by atoms with Gasteiger partial charge in [0.05, 0.1) is 10.9 Å². The van der Waals surface area contributed by atoms with Crippen LogP contribution >= 0.6 is 0 Å². The fourth-order valence-electron chi connectivity index (χ4n) is 2.70. The first kappa shape index (κ1) is 22.6. The van der Waals surface area contributed by atoms with E-state index in [0.717, 1.165) is 11.1 Å². The number of nitrogens with one attached hydrogen (secondary N) is 3. The summed E-state index contributed by atoms with van der Waals surface area (Å²) in [6.07, 6.45) is 0.477. The van der Waals surface area contributed by atoms with Crippen LogP contribution in [0.2, 0.25) is 0 Å². The Balaban J connectivity index is 1.81. The molecule has 0 spiro atoms. The average molecular weight is 418 g/mol. The number of sulfonamides is 1. The summed E-state index contributed by atoms with van der Waals surface area (Å²) in [5, 5.41) is 5.24. The molecule has 0 unspecified atom stereocenters. The standard InChI is InChI=1S/C21H27N3O4S/c1-15(2)24-29(27,28)19-11-9-17(10-12-19)13-14-22-20(25)21(26)23-16(3)18-7-5-4-6-8-18/h4-12,15-16,24H,13-14H2,1-3H3,(H,22,25)(H,23,26)/t16-/m0/s1. The van der Waals surface area contributed by atoms with Gasteiger partial charge >= 0.3 is 11.8 Å². The van der Waals surface area contributed by atoms with E-state index in [-0.39, 0.29) is 23.5 Å². The molecule has 0 fully saturated rings. The first-order valence-corrected chi connectivity index (χ1v) is 10.9. The highest BCUT2D eigenvalue weighted by molar-refractivity contribution is 7.89.